The molecule has 1 atom stereocenters. The zero-order chi connectivity index (χ0) is 27.8. The van der Waals surface area contributed by atoms with Crippen molar-refractivity contribution in [2.75, 3.05) is 23.7 Å². The fourth-order valence-corrected chi connectivity index (χ4v) is 5.39. The number of nitrogens with one attached hydrogen (secondary N) is 1. The van der Waals surface area contributed by atoms with Crippen molar-refractivity contribution in [1.82, 2.24) is 10.2 Å². The summed E-state index contributed by atoms with van der Waals surface area (Å²) < 4.78 is 26.2. The molecule has 0 aromatic heterocycles. The lowest BCUT2D eigenvalue weighted by molar-refractivity contribution is -0.141. The van der Waals surface area contributed by atoms with E-state index in [0.717, 1.165) is 11.8 Å². The SMILES string of the molecule is CCC(C(=O)NCC(C)C)N(Cc1c(Cl)cccc1Cl)C(=O)CCCN(c1ccc(C)cc1)S(C)(=O)=O. The van der Waals surface area contributed by atoms with E-state index in [1.54, 1.807) is 30.3 Å². The van der Waals surface area contributed by atoms with Gasteiger partial charge >= 0.3 is 0 Å². The molecule has 1 N–H and O–H groups in total. The Kier molecular flexibility index (Phi) is 11.7. The Labute approximate surface area is 231 Å². The molecule has 10 heteroatoms. The lowest BCUT2D eigenvalue weighted by Crippen LogP contribution is -2.49. The van der Waals surface area contributed by atoms with Crippen LogP contribution >= 0.6 is 23.2 Å². The molecule has 0 aliphatic rings. The molecule has 204 valence electrons. The molecule has 2 aromatic rings. The van der Waals surface area contributed by atoms with E-state index in [1.165, 1.54) is 9.21 Å². The maximum Gasteiger partial charge on any atom is 0.242 e. The number of hydrogen-bond acceptors (Lipinski definition) is 4. The summed E-state index contributed by atoms with van der Waals surface area (Å²) in [6.45, 7) is 8.45. The molecule has 0 heterocycles. The normalized spacial score (nSPS) is 12.3. The second-order valence-electron chi connectivity index (χ2n) is 9.56. The number of sulfonamides is 1. The van der Waals surface area contributed by atoms with E-state index in [1.807, 2.05) is 39.8 Å². The van der Waals surface area contributed by atoms with E-state index in [2.05, 4.69) is 5.32 Å². The van der Waals surface area contributed by atoms with Gasteiger partial charge < -0.3 is 10.2 Å². The molecular formula is C27H37Cl2N3O4S. The molecule has 0 aliphatic carbocycles. The van der Waals surface area contributed by atoms with Gasteiger partial charge in [0.2, 0.25) is 21.8 Å². The number of aryl methyl sites for hydroxylation is 1. The number of carbonyl (C=O) groups excluding carboxylic acids is 2. The minimum atomic E-state index is -3.55. The summed E-state index contributed by atoms with van der Waals surface area (Å²) in [7, 11) is -3.55. The van der Waals surface area contributed by atoms with Crippen molar-refractivity contribution >= 4 is 50.7 Å². The Balaban J connectivity index is 2.26. The smallest absolute Gasteiger partial charge is 0.242 e. The maximum atomic E-state index is 13.5. The molecule has 0 aliphatic heterocycles. The summed E-state index contributed by atoms with van der Waals surface area (Å²) in [5, 5.41) is 3.73. The molecule has 0 saturated heterocycles. The Morgan fingerprint density at radius 1 is 1.03 bits per heavy atom. The third kappa shape index (κ3) is 9.20. The summed E-state index contributed by atoms with van der Waals surface area (Å²) >= 11 is 12.8. The summed E-state index contributed by atoms with van der Waals surface area (Å²) in [5.74, 6) is -0.266. The van der Waals surface area contributed by atoms with Crippen molar-refractivity contribution in [2.45, 2.75) is 59.5 Å². The zero-order valence-corrected chi connectivity index (χ0v) is 24.5. The molecule has 0 spiro atoms. The highest BCUT2D eigenvalue weighted by molar-refractivity contribution is 7.92. The second kappa shape index (κ2) is 14.0. The van der Waals surface area contributed by atoms with E-state index in [-0.39, 0.29) is 43.7 Å². The van der Waals surface area contributed by atoms with E-state index in [4.69, 9.17) is 23.2 Å². The van der Waals surface area contributed by atoms with Crippen molar-refractivity contribution in [3.63, 3.8) is 0 Å². The van der Waals surface area contributed by atoms with Gasteiger partial charge in [0.05, 0.1) is 11.9 Å². The van der Waals surface area contributed by atoms with Crippen LogP contribution in [0.15, 0.2) is 42.5 Å². The number of rotatable bonds is 13. The molecule has 7 nitrogen and oxygen atoms in total. The first-order valence-corrected chi connectivity index (χ1v) is 15.0. The Morgan fingerprint density at radius 3 is 2.14 bits per heavy atom. The van der Waals surface area contributed by atoms with E-state index in [0.29, 0.717) is 34.3 Å². The van der Waals surface area contributed by atoms with Crippen LogP contribution in [0.1, 0.15) is 51.2 Å². The number of amides is 2. The van der Waals surface area contributed by atoms with Gasteiger partial charge in [-0.2, -0.15) is 0 Å². The van der Waals surface area contributed by atoms with Crippen molar-refractivity contribution in [3.05, 3.63) is 63.6 Å². The van der Waals surface area contributed by atoms with Gasteiger partial charge in [-0.05, 0) is 49.9 Å². The standard InChI is InChI=1S/C27H37Cl2N3O4S/c1-6-25(27(34)30-17-19(2)3)31(18-22-23(28)9-7-10-24(22)29)26(33)11-8-16-32(37(5,35)36)21-14-12-20(4)13-15-21/h7,9-10,12-15,19,25H,6,8,11,16-18H2,1-5H3,(H,30,34). The predicted molar refractivity (Wildman–Crippen MR) is 152 cm³/mol. The molecule has 1 unspecified atom stereocenters. The number of anilines is 1. The average molecular weight is 571 g/mol. The molecule has 2 amide bonds. The van der Waals surface area contributed by atoms with Crippen LogP contribution < -0.4 is 9.62 Å². The summed E-state index contributed by atoms with van der Waals surface area (Å²) in [6.07, 6.45) is 1.87. The van der Waals surface area contributed by atoms with E-state index >= 15 is 0 Å². The number of benzene rings is 2. The Hall–Kier alpha value is -2.29. The van der Waals surface area contributed by atoms with Gasteiger partial charge in [-0.1, -0.05) is 67.7 Å². The van der Waals surface area contributed by atoms with Crippen LogP contribution in [0.25, 0.3) is 0 Å². The zero-order valence-electron chi connectivity index (χ0n) is 22.1. The molecule has 0 saturated carbocycles. The van der Waals surface area contributed by atoms with Crippen LogP contribution in [0.5, 0.6) is 0 Å². The van der Waals surface area contributed by atoms with E-state index < -0.39 is 16.1 Å². The van der Waals surface area contributed by atoms with Gasteiger partial charge in [-0.3, -0.25) is 13.9 Å². The highest BCUT2D eigenvalue weighted by Gasteiger charge is 2.30. The topological polar surface area (TPSA) is 86.8 Å². The van der Waals surface area contributed by atoms with Gasteiger partial charge in [0.1, 0.15) is 6.04 Å². The third-order valence-electron chi connectivity index (χ3n) is 5.93. The average Bonchev–Trinajstić information content (AvgIpc) is 2.82. The van der Waals surface area contributed by atoms with Gasteiger partial charge in [0.15, 0.2) is 0 Å². The fourth-order valence-electron chi connectivity index (χ4n) is 3.91. The number of halogens is 2. The molecule has 37 heavy (non-hydrogen) atoms. The quantitative estimate of drug-likeness (QED) is 0.348. The van der Waals surface area contributed by atoms with Crippen molar-refractivity contribution < 1.29 is 18.0 Å². The van der Waals surface area contributed by atoms with Gasteiger partial charge in [0.25, 0.3) is 0 Å². The van der Waals surface area contributed by atoms with E-state index in [9.17, 15) is 18.0 Å². The predicted octanol–water partition coefficient (Wildman–Crippen LogP) is 5.43. The minimum Gasteiger partial charge on any atom is -0.354 e. The first-order valence-electron chi connectivity index (χ1n) is 12.4. The molecule has 0 radical (unpaired) electrons. The fraction of sp³-hybridized carbons (Fsp3) is 0.481. The lowest BCUT2D eigenvalue weighted by atomic mass is 10.1. The number of hydrogen-bond donors (Lipinski definition) is 1. The second-order valence-corrected chi connectivity index (χ2v) is 12.3. The summed E-state index contributed by atoms with van der Waals surface area (Å²) in [4.78, 5) is 28.1. The van der Waals surface area contributed by atoms with Gasteiger partial charge in [-0.25, -0.2) is 8.42 Å². The van der Waals surface area contributed by atoms with Crippen LogP contribution in [-0.4, -0.2) is 50.5 Å². The van der Waals surface area contributed by atoms with Crippen LogP contribution in [0.4, 0.5) is 5.69 Å². The highest BCUT2D eigenvalue weighted by Crippen LogP contribution is 2.27. The van der Waals surface area contributed by atoms with Crippen LogP contribution in [-0.2, 0) is 26.2 Å². The molecule has 2 aromatic carbocycles. The highest BCUT2D eigenvalue weighted by atomic mass is 35.5. The molecule has 0 bridgehead atoms. The Morgan fingerprint density at radius 2 is 1.62 bits per heavy atom. The monoisotopic (exact) mass is 569 g/mol. The van der Waals surface area contributed by atoms with Crippen molar-refractivity contribution in [3.8, 4) is 0 Å². The molecule has 2 rings (SSSR count). The van der Waals surface area contributed by atoms with Crippen LogP contribution in [0.2, 0.25) is 10.0 Å². The Bertz CT molecular complexity index is 1150. The minimum absolute atomic E-state index is 0.0495. The van der Waals surface area contributed by atoms with Crippen molar-refractivity contribution in [2.24, 2.45) is 5.92 Å². The van der Waals surface area contributed by atoms with Gasteiger partial charge in [0, 0.05) is 41.7 Å². The van der Waals surface area contributed by atoms with Gasteiger partial charge in [-0.15, -0.1) is 0 Å². The maximum absolute atomic E-state index is 13.5. The van der Waals surface area contributed by atoms with Crippen LogP contribution in [0, 0.1) is 12.8 Å². The third-order valence-corrected chi connectivity index (χ3v) is 7.84. The molecule has 0 fully saturated rings. The largest absolute Gasteiger partial charge is 0.354 e. The van der Waals surface area contributed by atoms with Crippen LogP contribution in [0.3, 0.4) is 0 Å². The lowest BCUT2D eigenvalue weighted by Gasteiger charge is -2.32. The number of nitrogens with zero attached hydrogens (tertiary/aromatic N) is 2. The summed E-state index contributed by atoms with van der Waals surface area (Å²) in [6, 6.07) is 11.6. The molecular weight excluding hydrogens is 533 g/mol. The van der Waals surface area contributed by atoms with Crippen molar-refractivity contribution in [1.29, 1.82) is 0 Å². The summed E-state index contributed by atoms with van der Waals surface area (Å²) in [5.41, 5.74) is 2.12. The number of carbonyl (C=O) groups is 2. The first kappa shape index (κ1) is 30.9. The first-order chi connectivity index (χ1) is 17.3.